The second-order valence-corrected chi connectivity index (χ2v) is 6.62. The number of carbonyl (C=O) groups is 4. The second-order valence-electron chi connectivity index (χ2n) is 6.18. The first kappa shape index (κ1) is 26.3. The topological polar surface area (TPSA) is 123 Å². The highest BCUT2D eigenvalue weighted by atomic mass is 32.1. The van der Waals surface area contributed by atoms with Crippen LogP contribution < -0.4 is 10.6 Å². The molecule has 0 unspecified atom stereocenters. The monoisotopic (exact) mass is 431 g/mol. The predicted molar refractivity (Wildman–Crippen MR) is 110 cm³/mol. The van der Waals surface area contributed by atoms with Crippen molar-refractivity contribution in [1.82, 2.24) is 15.5 Å². The Balaban J connectivity index is 4.64. The Labute approximate surface area is 176 Å². The van der Waals surface area contributed by atoms with Gasteiger partial charge in [-0.05, 0) is 19.1 Å². The predicted octanol–water partition coefficient (Wildman–Crippen LogP) is 0.891. The van der Waals surface area contributed by atoms with E-state index in [9.17, 15) is 19.2 Å². The van der Waals surface area contributed by atoms with Crippen LogP contribution in [0.3, 0.4) is 0 Å². The lowest BCUT2D eigenvalue weighted by molar-refractivity contribution is -0.144. The van der Waals surface area contributed by atoms with E-state index >= 15 is 0 Å². The fraction of sp³-hybridized carbons (Fsp3) is 0.556. The van der Waals surface area contributed by atoms with Crippen molar-refractivity contribution in [3.05, 3.63) is 25.3 Å². The molecular formula is C18H29N3O7S. The van der Waals surface area contributed by atoms with Crippen molar-refractivity contribution in [3.8, 4) is 0 Å². The third-order valence-electron chi connectivity index (χ3n) is 3.42. The van der Waals surface area contributed by atoms with Crippen molar-refractivity contribution in [1.29, 1.82) is 0 Å². The Morgan fingerprint density at radius 3 is 2.10 bits per heavy atom. The zero-order valence-corrected chi connectivity index (χ0v) is 17.7. The van der Waals surface area contributed by atoms with Gasteiger partial charge < -0.3 is 29.7 Å². The van der Waals surface area contributed by atoms with Gasteiger partial charge in [-0.1, -0.05) is 13.2 Å². The number of nitrogens with one attached hydrogen (secondary N) is 2. The number of hydrogen-bond acceptors (Lipinski definition) is 8. The Morgan fingerprint density at radius 2 is 1.62 bits per heavy atom. The van der Waals surface area contributed by atoms with E-state index in [0.29, 0.717) is 18.7 Å². The SMILES string of the molecule is C=CC(=O)OCC(C)(COC(=O)C=C)NC(=O)N(C)CCOC(=O)NCCCS. The van der Waals surface area contributed by atoms with E-state index in [2.05, 4.69) is 36.4 Å². The van der Waals surface area contributed by atoms with E-state index in [1.165, 1.54) is 18.9 Å². The van der Waals surface area contributed by atoms with Crippen molar-refractivity contribution in [2.45, 2.75) is 18.9 Å². The standard InChI is InChI=1S/C18H29N3O7S/c1-5-14(22)27-12-18(3,13-28-15(23)6-2)20-16(24)21(4)9-10-26-17(25)19-8-7-11-29/h5-6,29H,1-2,7-13H2,3-4H3,(H,19,25)(H,20,24). The van der Waals surface area contributed by atoms with Crippen molar-refractivity contribution >= 4 is 36.7 Å². The Morgan fingerprint density at radius 1 is 1.07 bits per heavy atom. The summed E-state index contributed by atoms with van der Waals surface area (Å²) >= 11 is 4.03. The van der Waals surface area contributed by atoms with E-state index in [1.54, 1.807) is 0 Å². The third kappa shape index (κ3) is 12.4. The molecule has 0 aliphatic rings. The van der Waals surface area contributed by atoms with Crippen LogP contribution in [0.2, 0.25) is 0 Å². The molecule has 3 amide bonds. The van der Waals surface area contributed by atoms with Gasteiger partial charge in [0.25, 0.3) is 0 Å². The molecule has 0 aromatic carbocycles. The number of amides is 3. The summed E-state index contributed by atoms with van der Waals surface area (Å²) < 4.78 is 14.9. The molecule has 0 aliphatic heterocycles. The highest BCUT2D eigenvalue weighted by Gasteiger charge is 2.31. The normalized spacial score (nSPS) is 10.3. The van der Waals surface area contributed by atoms with Gasteiger partial charge in [0.05, 0.1) is 6.54 Å². The van der Waals surface area contributed by atoms with Crippen molar-refractivity contribution < 1.29 is 33.4 Å². The van der Waals surface area contributed by atoms with Gasteiger partial charge in [0.2, 0.25) is 0 Å². The lowest BCUT2D eigenvalue weighted by atomic mass is 10.1. The highest BCUT2D eigenvalue weighted by molar-refractivity contribution is 7.80. The lowest BCUT2D eigenvalue weighted by Crippen LogP contribution is -2.56. The largest absolute Gasteiger partial charge is 0.460 e. The van der Waals surface area contributed by atoms with Gasteiger partial charge in [-0.15, -0.1) is 0 Å². The molecule has 0 saturated carbocycles. The molecule has 0 fully saturated rings. The van der Waals surface area contributed by atoms with Crippen LogP contribution in [0.15, 0.2) is 25.3 Å². The fourth-order valence-electron chi connectivity index (χ4n) is 1.74. The van der Waals surface area contributed by atoms with Crippen LogP contribution in [0.5, 0.6) is 0 Å². The number of hydrogen-bond donors (Lipinski definition) is 3. The van der Waals surface area contributed by atoms with Crippen LogP contribution in [0.1, 0.15) is 13.3 Å². The molecule has 0 spiro atoms. The molecule has 0 bridgehead atoms. The van der Waals surface area contributed by atoms with Crippen LogP contribution in [0.4, 0.5) is 9.59 Å². The molecule has 11 heteroatoms. The van der Waals surface area contributed by atoms with Crippen molar-refractivity contribution in [2.75, 3.05) is 45.7 Å². The molecule has 0 atom stereocenters. The Kier molecular flexibility index (Phi) is 13.0. The maximum absolute atomic E-state index is 12.4. The first-order chi connectivity index (χ1) is 13.7. The molecule has 0 aliphatic carbocycles. The number of urea groups is 1. The molecule has 0 aromatic heterocycles. The number of alkyl carbamates (subject to hydrolysis) is 1. The maximum Gasteiger partial charge on any atom is 0.407 e. The molecular weight excluding hydrogens is 402 g/mol. The summed E-state index contributed by atoms with van der Waals surface area (Å²) in [6.45, 7) is 8.14. The minimum atomic E-state index is -1.20. The van der Waals surface area contributed by atoms with E-state index in [-0.39, 0.29) is 26.4 Å². The number of thiol groups is 1. The van der Waals surface area contributed by atoms with Crippen LogP contribution in [0.25, 0.3) is 0 Å². The Bertz CT molecular complexity index is 574. The second kappa shape index (κ2) is 14.3. The van der Waals surface area contributed by atoms with Crippen molar-refractivity contribution in [3.63, 3.8) is 0 Å². The minimum Gasteiger partial charge on any atom is -0.460 e. The first-order valence-electron chi connectivity index (χ1n) is 8.80. The highest BCUT2D eigenvalue weighted by Crippen LogP contribution is 2.08. The summed E-state index contributed by atoms with van der Waals surface area (Å²) in [6.07, 6.45) is 2.08. The molecule has 2 N–H and O–H groups in total. The van der Waals surface area contributed by atoms with Crippen LogP contribution in [0, 0.1) is 0 Å². The molecule has 0 rings (SSSR count). The van der Waals surface area contributed by atoms with E-state index in [4.69, 9.17) is 14.2 Å². The van der Waals surface area contributed by atoms with E-state index < -0.39 is 29.6 Å². The van der Waals surface area contributed by atoms with Gasteiger partial charge in [0, 0.05) is 25.7 Å². The summed E-state index contributed by atoms with van der Waals surface area (Å²) in [7, 11) is 1.49. The summed E-state index contributed by atoms with van der Waals surface area (Å²) in [5.74, 6) is -0.732. The Hall–Kier alpha value is -2.69. The summed E-state index contributed by atoms with van der Waals surface area (Å²) in [6, 6.07) is -0.545. The van der Waals surface area contributed by atoms with Crippen molar-refractivity contribution in [2.24, 2.45) is 0 Å². The quantitative estimate of drug-likeness (QED) is 0.130. The average Bonchev–Trinajstić information content (AvgIpc) is 2.70. The maximum atomic E-state index is 12.4. The van der Waals surface area contributed by atoms with Crippen LogP contribution in [-0.2, 0) is 23.8 Å². The molecule has 0 aromatic rings. The van der Waals surface area contributed by atoms with Gasteiger partial charge in [0.1, 0.15) is 25.4 Å². The summed E-state index contributed by atoms with van der Waals surface area (Å²) in [5.41, 5.74) is -1.20. The van der Waals surface area contributed by atoms with Gasteiger partial charge >= 0.3 is 24.1 Å². The average molecular weight is 432 g/mol. The van der Waals surface area contributed by atoms with E-state index in [1.807, 2.05) is 0 Å². The zero-order chi connectivity index (χ0) is 22.3. The number of rotatable bonds is 13. The van der Waals surface area contributed by atoms with Gasteiger partial charge in [0.15, 0.2) is 0 Å². The molecule has 0 radical (unpaired) electrons. The number of nitrogens with zero attached hydrogens (tertiary/aromatic N) is 1. The third-order valence-corrected chi connectivity index (χ3v) is 3.74. The smallest absolute Gasteiger partial charge is 0.407 e. The zero-order valence-electron chi connectivity index (χ0n) is 16.8. The summed E-state index contributed by atoms with van der Waals surface area (Å²) in [5, 5.41) is 5.18. The van der Waals surface area contributed by atoms with Crippen LogP contribution >= 0.6 is 12.6 Å². The number of esters is 2. The number of carbonyl (C=O) groups excluding carboxylic acids is 4. The molecule has 164 valence electrons. The van der Waals surface area contributed by atoms with Crippen LogP contribution in [-0.4, -0.2) is 80.2 Å². The number of ether oxygens (including phenoxy) is 3. The molecule has 0 saturated heterocycles. The molecule has 29 heavy (non-hydrogen) atoms. The first-order valence-corrected chi connectivity index (χ1v) is 9.44. The van der Waals surface area contributed by atoms with Gasteiger partial charge in [-0.25, -0.2) is 19.2 Å². The van der Waals surface area contributed by atoms with Gasteiger partial charge in [-0.2, -0.15) is 12.6 Å². The minimum absolute atomic E-state index is 0.0236. The lowest BCUT2D eigenvalue weighted by Gasteiger charge is -2.31. The fourth-order valence-corrected chi connectivity index (χ4v) is 1.90. The molecule has 0 heterocycles. The van der Waals surface area contributed by atoms with E-state index in [0.717, 1.165) is 12.2 Å². The summed E-state index contributed by atoms with van der Waals surface area (Å²) in [4.78, 5) is 47.8. The molecule has 10 nitrogen and oxygen atoms in total. The number of likely N-dealkylation sites (N-methyl/N-ethyl adjacent to an activating group) is 1. The van der Waals surface area contributed by atoms with Gasteiger partial charge in [-0.3, -0.25) is 0 Å².